The molecule has 0 radical (unpaired) electrons. The van der Waals surface area contributed by atoms with Crippen LogP contribution in [0.2, 0.25) is 0 Å². The van der Waals surface area contributed by atoms with Crippen LogP contribution in [0.3, 0.4) is 0 Å². The highest BCUT2D eigenvalue weighted by Crippen LogP contribution is 2.29. The normalized spacial score (nSPS) is 10.3. The second kappa shape index (κ2) is 6.23. The monoisotopic (exact) mass is 400 g/mol. The van der Waals surface area contributed by atoms with E-state index in [1.807, 2.05) is 18.2 Å². The van der Waals surface area contributed by atoms with Crippen molar-refractivity contribution >= 4 is 43.2 Å². The third-order valence-electron chi connectivity index (χ3n) is 2.58. The van der Waals surface area contributed by atoms with Gasteiger partial charge in [0.25, 0.3) is 5.69 Å². The number of nitrogens with zero attached hydrogens (tertiary/aromatic N) is 1. The number of nitro groups is 1. The van der Waals surface area contributed by atoms with Gasteiger partial charge in [0.15, 0.2) is 0 Å². The van der Waals surface area contributed by atoms with Crippen molar-refractivity contribution < 1.29 is 9.66 Å². The van der Waals surface area contributed by atoms with Gasteiger partial charge in [-0.05, 0) is 51.8 Å². The Hall–Kier alpha value is -1.60. The summed E-state index contributed by atoms with van der Waals surface area (Å²) < 4.78 is 7.40. The maximum absolute atomic E-state index is 10.7. The predicted octanol–water partition coefficient (Wildman–Crippen LogP) is 4.28. The molecular weight excluding hydrogens is 392 g/mol. The van der Waals surface area contributed by atoms with E-state index in [2.05, 4.69) is 31.9 Å². The molecular formula is C13H10Br2N2O3. The largest absolute Gasteiger partial charge is 0.488 e. The summed E-state index contributed by atoms with van der Waals surface area (Å²) >= 11 is 6.75. The lowest BCUT2D eigenvalue weighted by Crippen LogP contribution is -2.00. The first kappa shape index (κ1) is 14.8. The SMILES string of the molecule is Nc1cc(COc2ccc(Br)cc2Br)ccc1[N+](=O)[O-]. The summed E-state index contributed by atoms with van der Waals surface area (Å²) in [6.45, 7) is 0.280. The second-order valence-corrected chi connectivity index (χ2v) is 5.78. The molecule has 20 heavy (non-hydrogen) atoms. The van der Waals surface area contributed by atoms with Crippen LogP contribution < -0.4 is 10.5 Å². The van der Waals surface area contributed by atoms with Crippen molar-refractivity contribution in [3.8, 4) is 5.75 Å². The van der Waals surface area contributed by atoms with Gasteiger partial charge in [0.05, 0.1) is 9.40 Å². The van der Waals surface area contributed by atoms with E-state index >= 15 is 0 Å². The number of rotatable bonds is 4. The number of halogens is 2. The van der Waals surface area contributed by atoms with Gasteiger partial charge in [-0.2, -0.15) is 0 Å². The van der Waals surface area contributed by atoms with Crippen LogP contribution in [-0.4, -0.2) is 4.92 Å². The summed E-state index contributed by atoms with van der Waals surface area (Å²) in [7, 11) is 0. The van der Waals surface area contributed by atoms with Gasteiger partial charge < -0.3 is 10.5 Å². The highest BCUT2D eigenvalue weighted by atomic mass is 79.9. The fraction of sp³-hybridized carbons (Fsp3) is 0.0769. The molecule has 2 rings (SSSR count). The van der Waals surface area contributed by atoms with Gasteiger partial charge in [0.1, 0.15) is 18.0 Å². The Balaban J connectivity index is 2.11. The van der Waals surface area contributed by atoms with E-state index in [1.54, 1.807) is 12.1 Å². The van der Waals surface area contributed by atoms with Crippen molar-refractivity contribution in [2.75, 3.05) is 5.73 Å². The molecule has 0 saturated heterocycles. The summed E-state index contributed by atoms with van der Waals surface area (Å²) in [4.78, 5) is 10.2. The second-order valence-electron chi connectivity index (χ2n) is 4.01. The van der Waals surface area contributed by atoms with Crippen LogP contribution in [0.15, 0.2) is 45.3 Å². The fourth-order valence-electron chi connectivity index (χ4n) is 1.61. The van der Waals surface area contributed by atoms with Gasteiger partial charge >= 0.3 is 0 Å². The Labute approximate surface area is 132 Å². The first-order valence-electron chi connectivity index (χ1n) is 5.58. The standard InChI is InChI=1S/C13H10Br2N2O3/c14-9-2-4-13(10(15)6-9)20-7-8-1-3-12(17(18)19)11(16)5-8/h1-6H,7,16H2. The first-order valence-corrected chi connectivity index (χ1v) is 7.16. The Morgan fingerprint density at radius 3 is 2.55 bits per heavy atom. The molecule has 0 aliphatic carbocycles. The smallest absolute Gasteiger partial charge is 0.292 e. The van der Waals surface area contributed by atoms with E-state index in [0.717, 1.165) is 14.5 Å². The summed E-state index contributed by atoms with van der Waals surface area (Å²) in [6, 6.07) is 10.1. The van der Waals surface area contributed by atoms with Gasteiger partial charge in [0.2, 0.25) is 0 Å². The highest BCUT2D eigenvalue weighted by Gasteiger charge is 2.11. The van der Waals surface area contributed by atoms with Gasteiger partial charge in [-0.3, -0.25) is 10.1 Å². The molecule has 2 aromatic carbocycles. The van der Waals surface area contributed by atoms with Crippen LogP contribution in [-0.2, 0) is 6.61 Å². The van der Waals surface area contributed by atoms with Crippen LogP contribution in [0, 0.1) is 10.1 Å². The van der Waals surface area contributed by atoms with E-state index in [-0.39, 0.29) is 18.0 Å². The van der Waals surface area contributed by atoms with E-state index < -0.39 is 4.92 Å². The lowest BCUT2D eigenvalue weighted by molar-refractivity contribution is -0.383. The van der Waals surface area contributed by atoms with Crippen molar-refractivity contribution in [2.24, 2.45) is 0 Å². The Bertz CT molecular complexity index is 662. The molecule has 104 valence electrons. The highest BCUT2D eigenvalue weighted by molar-refractivity contribution is 9.11. The number of benzene rings is 2. The average molecular weight is 402 g/mol. The number of ether oxygens (including phenoxy) is 1. The zero-order valence-corrected chi connectivity index (χ0v) is 13.3. The molecule has 2 N–H and O–H groups in total. The lowest BCUT2D eigenvalue weighted by Gasteiger charge is -2.09. The van der Waals surface area contributed by atoms with Crippen molar-refractivity contribution in [3.63, 3.8) is 0 Å². The molecule has 0 unspecified atom stereocenters. The minimum atomic E-state index is -0.509. The number of hydrogen-bond acceptors (Lipinski definition) is 4. The zero-order valence-electron chi connectivity index (χ0n) is 10.2. The summed E-state index contributed by atoms with van der Waals surface area (Å²) in [5, 5.41) is 10.7. The molecule has 0 aliphatic heterocycles. The molecule has 0 spiro atoms. The molecule has 0 aromatic heterocycles. The third-order valence-corrected chi connectivity index (χ3v) is 3.69. The van der Waals surface area contributed by atoms with Crippen molar-refractivity contribution in [2.45, 2.75) is 6.61 Å². The minimum absolute atomic E-state index is 0.0985. The van der Waals surface area contributed by atoms with Crippen molar-refractivity contribution in [1.82, 2.24) is 0 Å². The maximum atomic E-state index is 10.7. The zero-order chi connectivity index (χ0) is 14.7. The number of nitro benzene ring substituents is 1. The number of nitrogens with two attached hydrogens (primary N) is 1. The molecule has 0 saturated carbocycles. The number of nitrogen functional groups attached to an aromatic ring is 1. The molecule has 7 heteroatoms. The summed E-state index contributed by atoms with van der Waals surface area (Å²) in [5.74, 6) is 0.685. The fourth-order valence-corrected chi connectivity index (χ4v) is 2.77. The molecule has 0 bridgehead atoms. The van der Waals surface area contributed by atoms with Crippen LogP contribution in [0.4, 0.5) is 11.4 Å². The first-order chi connectivity index (χ1) is 9.47. The van der Waals surface area contributed by atoms with Gasteiger partial charge in [-0.15, -0.1) is 0 Å². The third kappa shape index (κ3) is 3.49. The Kier molecular flexibility index (Phi) is 4.61. The minimum Gasteiger partial charge on any atom is -0.488 e. The van der Waals surface area contributed by atoms with Gasteiger partial charge in [0, 0.05) is 10.5 Å². The van der Waals surface area contributed by atoms with Gasteiger partial charge in [-0.25, -0.2) is 0 Å². The lowest BCUT2D eigenvalue weighted by atomic mass is 10.2. The molecule has 0 aliphatic rings. The number of anilines is 1. The molecule has 0 fully saturated rings. The predicted molar refractivity (Wildman–Crippen MR) is 83.7 cm³/mol. The van der Waals surface area contributed by atoms with E-state index in [4.69, 9.17) is 10.5 Å². The molecule has 0 amide bonds. The maximum Gasteiger partial charge on any atom is 0.292 e. The van der Waals surface area contributed by atoms with Crippen molar-refractivity contribution in [3.05, 3.63) is 61.0 Å². The van der Waals surface area contributed by atoms with Gasteiger partial charge in [-0.1, -0.05) is 15.9 Å². The molecule has 5 nitrogen and oxygen atoms in total. The average Bonchev–Trinajstić information content (AvgIpc) is 2.37. The number of hydrogen-bond donors (Lipinski definition) is 1. The summed E-state index contributed by atoms with van der Waals surface area (Å²) in [6.07, 6.45) is 0. The van der Waals surface area contributed by atoms with Crippen LogP contribution in [0.5, 0.6) is 5.75 Å². The topological polar surface area (TPSA) is 78.4 Å². The quantitative estimate of drug-likeness (QED) is 0.471. The van der Waals surface area contributed by atoms with E-state index in [0.29, 0.717) is 5.75 Å². The van der Waals surface area contributed by atoms with Crippen molar-refractivity contribution in [1.29, 1.82) is 0 Å². The van der Waals surface area contributed by atoms with Crippen LogP contribution in [0.25, 0.3) is 0 Å². The van der Waals surface area contributed by atoms with E-state index in [1.165, 1.54) is 6.07 Å². The summed E-state index contributed by atoms with van der Waals surface area (Å²) in [5.41, 5.74) is 6.43. The Morgan fingerprint density at radius 1 is 1.20 bits per heavy atom. The molecule has 2 aromatic rings. The molecule has 0 atom stereocenters. The Morgan fingerprint density at radius 2 is 1.95 bits per heavy atom. The molecule has 0 heterocycles. The van der Waals surface area contributed by atoms with Crippen LogP contribution in [0.1, 0.15) is 5.56 Å². The van der Waals surface area contributed by atoms with Crippen LogP contribution >= 0.6 is 31.9 Å². The van der Waals surface area contributed by atoms with E-state index in [9.17, 15) is 10.1 Å².